The number of ether oxygens (including phenoxy) is 3. The van der Waals surface area contributed by atoms with Crippen LogP contribution in [0.25, 0.3) is 23.3 Å². The van der Waals surface area contributed by atoms with Crippen molar-refractivity contribution < 1.29 is 14.2 Å². The summed E-state index contributed by atoms with van der Waals surface area (Å²) in [5.41, 5.74) is 0.422. The Morgan fingerprint density at radius 1 is 1.04 bits per heavy atom. The van der Waals surface area contributed by atoms with Crippen LogP contribution in [0, 0.1) is 0 Å². The zero-order valence-electron chi connectivity index (χ0n) is 16.2. The molecule has 0 bridgehead atoms. The molecule has 0 amide bonds. The van der Waals surface area contributed by atoms with Crippen LogP contribution in [-0.4, -0.2) is 40.8 Å². The van der Waals surface area contributed by atoms with Crippen LogP contribution in [0.3, 0.4) is 0 Å². The Kier molecular flexibility index (Phi) is 5.53. The highest BCUT2D eigenvalue weighted by atomic mass is 16.5. The van der Waals surface area contributed by atoms with Crippen molar-refractivity contribution in [3.05, 3.63) is 44.4 Å². The van der Waals surface area contributed by atoms with E-state index in [1.54, 1.807) is 38.5 Å². The van der Waals surface area contributed by atoms with Crippen molar-refractivity contribution >= 4 is 23.3 Å². The van der Waals surface area contributed by atoms with Gasteiger partial charge in [-0.05, 0) is 30.2 Å². The fourth-order valence-electron chi connectivity index (χ4n) is 2.94. The SMILES string of the molecule is CCCn1c(=O)[nH]c(=O)c2[nH]c(C=Cc3cc(OC)c(OC)c(OC)c3)nc21. The van der Waals surface area contributed by atoms with E-state index in [1.807, 2.05) is 6.92 Å². The van der Waals surface area contributed by atoms with Gasteiger partial charge in [-0.2, -0.15) is 0 Å². The van der Waals surface area contributed by atoms with Gasteiger partial charge >= 0.3 is 5.69 Å². The third-order valence-electron chi connectivity index (χ3n) is 4.22. The van der Waals surface area contributed by atoms with E-state index in [0.717, 1.165) is 12.0 Å². The summed E-state index contributed by atoms with van der Waals surface area (Å²) in [7, 11) is 4.63. The summed E-state index contributed by atoms with van der Waals surface area (Å²) in [6, 6.07) is 3.58. The first-order valence-corrected chi connectivity index (χ1v) is 8.73. The normalized spacial score (nSPS) is 11.3. The van der Waals surface area contributed by atoms with E-state index in [0.29, 0.717) is 35.3 Å². The molecule has 1 aromatic carbocycles. The highest BCUT2D eigenvalue weighted by molar-refractivity contribution is 5.76. The molecule has 28 heavy (non-hydrogen) atoms. The van der Waals surface area contributed by atoms with Gasteiger partial charge in [-0.15, -0.1) is 0 Å². The number of nitrogens with zero attached hydrogens (tertiary/aromatic N) is 2. The number of benzene rings is 1. The first-order chi connectivity index (χ1) is 13.5. The summed E-state index contributed by atoms with van der Waals surface area (Å²) in [5.74, 6) is 2.00. The number of H-pyrrole nitrogens is 2. The molecule has 2 heterocycles. The number of aryl methyl sites for hydroxylation is 1. The summed E-state index contributed by atoms with van der Waals surface area (Å²) < 4.78 is 17.5. The maximum Gasteiger partial charge on any atom is 0.330 e. The van der Waals surface area contributed by atoms with Crippen LogP contribution in [0.15, 0.2) is 21.7 Å². The van der Waals surface area contributed by atoms with Gasteiger partial charge in [0.05, 0.1) is 21.3 Å². The average molecular weight is 386 g/mol. The van der Waals surface area contributed by atoms with Gasteiger partial charge in [-0.1, -0.05) is 13.0 Å². The van der Waals surface area contributed by atoms with E-state index in [4.69, 9.17) is 14.2 Å². The molecule has 0 saturated carbocycles. The molecule has 2 N–H and O–H groups in total. The van der Waals surface area contributed by atoms with Gasteiger partial charge in [0.15, 0.2) is 17.1 Å². The summed E-state index contributed by atoms with van der Waals surface area (Å²) in [6.45, 7) is 2.41. The van der Waals surface area contributed by atoms with Crippen molar-refractivity contribution in [1.82, 2.24) is 19.5 Å². The van der Waals surface area contributed by atoms with Crippen molar-refractivity contribution in [3.63, 3.8) is 0 Å². The van der Waals surface area contributed by atoms with Gasteiger partial charge in [0.25, 0.3) is 5.56 Å². The maximum atomic E-state index is 12.1. The number of imidazole rings is 1. The molecule has 148 valence electrons. The molecule has 0 fully saturated rings. The van der Waals surface area contributed by atoms with Crippen LogP contribution in [0.2, 0.25) is 0 Å². The molecule has 0 radical (unpaired) electrons. The van der Waals surface area contributed by atoms with E-state index in [2.05, 4.69) is 15.0 Å². The number of hydrogen-bond acceptors (Lipinski definition) is 6. The summed E-state index contributed by atoms with van der Waals surface area (Å²) in [4.78, 5) is 33.8. The van der Waals surface area contributed by atoms with Gasteiger partial charge < -0.3 is 19.2 Å². The molecule has 9 nitrogen and oxygen atoms in total. The number of aromatic nitrogens is 4. The van der Waals surface area contributed by atoms with E-state index in [9.17, 15) is 9.59 Å². The minimum atomic E-state index is -0.493. The lowest BCUT2D eigenvalue weighted by Crippen LogP contribution is -2.30. The molecule has 0 atom stereocenters. The van der Waals surface area contributed by atoms with Gasteiger partial charge in [0.1, 0.15) is 11.3 Å². The zero-order chi connectivity index (χ0) is 20.3. The Bertz CT molecular complexity index is 1110. The van der Waals surface area contributed by atoms with E-state index >= 15 is 0 Å². The fraction of sp³-hybridized carbons (Fsp3) is 0.316. The van der Waals surface area contributed by atoms with E-state index in [-0.39, 0.29) is 5.52 Å². The number of hydrogen-bond donors (Lipinski definition) is 2. The largest absolute Gasteiger partial charge is 0.493 e. The van der Waals surface area contributed by atoms with Gasteiger partial charge in [-0.25, -0.2) is 9.78 Å². The van der Waals surface area contributed by atoms with Crippen LogP contribution in [0.4, 0.5) is 0 Å². The average Bonchev–Trinajstić information content (AvgIpc) is 3.13. The maximum absolute atomic E-state index is 12.1. The third-order valence-corrected chi connectivity index (χ3v) is 4.22. The van der Waals surface area contributed by atoms with Crippen molar-refractivity contribution in [2.45, 2.75) is 19.9 Å². The number of aromatic amines is 2. The van der Waals surface area contributed by atoms with Crippen molar-refractivity contribution in [2.75, 3.05) is 21.3 Å². The Labute approximate surface area is 160 Å². The molecule has 3 rings (SSSR count). The monoisotopic (exact) mass is 386 g/mol. The standard InChI is InChI=1S/C19H22N4O5/c1-5-8-23-17-15(18(24)22-19(23)25)20-14(21-17)7-6-11-9-12(26-2)16(28-4)13(10-11)27-3/h6-7,9-10H,5,8H2,1-4H3,(H,20,21)(H,22,24,25). The van der Waals surface area contributed by atoms with Crippen LogP contribution in [0.1, 0.15) is 24.7 Å². The second kappa shape index (κ2) is 8.03. The van der Waals surface area contributed by atoms with E-state index in [1.165, 1.54) is 11.7 Å². The predicted molar refractivity (Wildman–Crippen MR) is 106 cm³/mol. The molecule has 0 aliphatic rings. The lowest BCUT2D eigenvalue weighted by Gasteiger charge is -2.12. The molecule has 0 unspecified atom stereocenters. The Hall–Kier alpha value is -3.49. The topological polar surface area (TPSA) is 111 Å². The van der Waals surface area contributed by atoms with Gasteiger partial charge in [0.2, 0.25) is 5.75 Å². The third kappa shape index (κ3) is 3.51. The molecule has 9 heteroatoms. The van der Waals surface area contributed by atoms with Gasteiger partial charge in [0, 0.05) is 6.54 Å². The molecule has 0 saturated heterocycles. The van der Waals surface area contributed by atoms with E-state index < -0.39 is 11.2 Å². The van der Waals surface area contributed by atoms with Crippen LogP contribution in [-0.2, 0) is 6.54 Å². The first kappa shape index (κ1) is 19.3. The number of nitrogens with one attached hydrogen (secondary N) is 2. The molecular formula is C19H22N4O5. The molecule has 2 aromatic heterocycles. The number of methoxy groups -OCH3 is 3. The van der Waals surface area contributed by atoms with Crippen molar-refractivity contribution in [1.29, 1.82) is 0 Å². The van der Waals surface area contributed by atoms with Crippen LogP contribution < -0.4 is 25.5 Å². The Balaban J connectivity index is 2.04. The Morgan fingerprint density at radius 2 is 1.71 bits per heavy atom. The van der Waals surface area contributed by atoms with Gasteiger partial charge in [-0.3, -0.25) is 14.3 Å². The molecule has 0 spiro atoms. The molecule has 0 aliphatic carbocycles. The van der Waals surface area contributed by atoms with Crippen LogP contribution >= 0.6 is 0 Å². The molecule has 3 aromatic rings. The fourth-order valence-corrected chi connectivity index (χ4v) is 2.94. The quantitative estimate of drug-likeness (QED) is 0.643. The predicted octanol–water partition coefficient (Wildman–Crippen LogP) is 2.02. The highest BCUT2D eigenvalue weighted by Crippen LogP contribution is 2.38. The van der Waals surface area contributed by atoms with Crippen LogP contribution in [0.5, 0.6) is 17.2 Å². The smallest absolute Gasteiger partial charge is 0.330 e. The lowest BCUT2D eigenvalue weighted by atomic mass is 10.1. The summed E-state index contributed by atoms with van der Waals surface area (Å²) >= 11 is 0. The molecular weight excluding hydrogens is 364 g/mol. The summed E-state index contributed by atoms with van der Waals surface area (Å²) in [6.07, 6.45) is 4.24. The minimum absolute atomic E-state index is 0.262. The Morgan fingerprint density at radius 3 is 2.29 bits per heavy atom. The lowest BCUT2D eigenvalue weighted by molar-refractivity contribution is 0.324. The first-order valence-electron chi connectivity index (χ1n) is 8.73. The minimum Gasteiger partial charge on any atom is -0.493 e. The highest BCUT2D eigenvalue weighted by Gasteiger charge is 2.13. The molecule has 0 aliphatic heterocycles. The van der Waals surface area contributed by atoms with Crippen molar-refractivity contribution in [2.24, 2.45) is 0 Å². The second-order valence-corrected chi connectivity index (χ2v) is 6.02. The number of fused-ring (bicyclic) bond motifs is 1. The number of rotatable bonds is 7. The van der Waals surface area contributed by atoms with Crippen molar-refractivity contribution in [3.8, 4) is 17.2 Å². The second-order valence-electron chi connectivity index (χ2n) is 6.02. The summed E-state index contributed by atoms with van der Waals surface area (Å²) in [5, 5.41) is 0. The zero-order valence-corrected chi connectivity index (χ0v) is 16.2.